The van der Waals surface area contributed by atoms with Crippen LogP contribution in [0.15, 0.2) is 0 Å². The zero-order valence-corrected chi connectivity index (χ0v) is 6.81. The van der Waals surface area contributed by atoms with E-state index in [1.54, 1.807) is 0 Å². The van der Waals surface area contributed by atoms with Crippen LogP contribution < -0.4 is 5.73 Å². The summed E-state index contributed by atoms with van der Waals surface area (Å²) >= 11 is 0. The van der Waals surface area contributed by atoms with Gasteiger partial charge in [-0.05, 0) is 19.5 Å². The van der Waals surface area contributed by atoms with Crippen molar-refractivity contribution in [3.63, 3.8) is 0 Å². The molecule has 0 spiro atoms. The molecule has 0 aliphatic rings. The van der Waals surface area contributed by atoms with Crippen molar-refractivity contribution in [1.29, 1.82) is 0 Å². The molecule has 0 heterocycles. The zero-order chi connectivity index (χ0) is 7.98. The van der Waals surface area contributed by atoms with Gasteiger partial charge < -0.3 is 10.6 Å². The molecule has 0 amide bonds. The second-order valence-electron chi connectivity index (χ2n) is 2.79. The summed E-state index contributed by atoms with van der Waals surface area (Å²) in [5.74, 6) is 0.469. The Morgan fingerprint density at radius 2 is 2.20 bits per heavy atom. The summed E-state index contributed by atoms with van der Waals surface area (Å²) in [5.41, 5.74) is 5.40. The van der Waals surface area contributed by atoms with Crippen LogP contribution in [0, 0.1) is 5.92 Å². The fraction of sp³-hybridized carbons (Fsp3) is 1.00. The average Bonchev–Trinajstić information content (AvgIpc) is 1.88. The smallest absolute Gasteiger partial charge is 0.102 e. The number of halogens is 1. The van der Waals surface area contributed by atoms with Crippen molar-refractivity contribution in [2.24, 2.45) is 11.7 Å². The molecule has 0 aromatic rings. The molecule has 0 fully saturated rings. The average molecular weight is 148 g/mol. The van der Waals surface area contributed by atoms with Crippen molar-refractivity contribution in [3.8, 4) is 0 Å². The minimum atomic E-state index is -0.270. The first-order valence-corrected chi connectivity index (χ1v) is 3.65. The van der Waals surface area contributed by atoms with E-state index in [9.17, 15) is 4.39 Å². The molecule has 2 N–H and O–H groups in total. The number of nitrogens with zero attached hydrogens (tertiary/aromatic N) is 1. The highest BCUT2D eigenvalue weighted by Gasteiger charge is 2.02. The molecule has 0 aromatic carbocycles. The molecule has 0 aliphatic carbocycles. The Hall–Kier alpha value is -0.150. The minimum absolute atomic E-state index is 0.270. The summed E-state index contributed by atoms with van der Waals surface area (Å²) in [6.45, 7) is 3.88. The zero-order valence-electron chi connectivity index (χ0n) is 6.81. The number of hydrogen-bond donors (Lipinski definition) is 1. The predicted molar refractivity (Wildman–Crippen MR) is 41.7 cm³/mol. The van der Waals surface area contributed by atoms with Crippen molar-refractivity contribution in [3.05, 3.63) is 0 Å². The van der Waals surface area contributed by atoms with Gasteiger partial charge in [0.2, 0.25) is 0 Å². The molecule has 10 heavy (non-hydrogen) atoms. The van der Waals surface area contributed by atoms with E-state index in [1.165, 1.54) is 0 Å². The molecule has 0 aromatic heterocycles. The van der Waals surface area contributed by atoms with E-state index in [0.717, 1.165) is 6.54 Å². The van der Waals surface area contributed by atoms with E-state index in [2.05, 4.69) is 6.92 Å². The van der Waals surface area contributed by atoms with Crippen LogP contribution in [0.1, 0.15) is 6.92 Å². The van der Waals surface area contributed by atoms with Crippen molar-refractivity contribution in [2.45, 2.75) is 6.92 Å². The van der Waals surface area contributed by atoms with Gasteiger partial charge in [0.15, 0.2) is 0 Å². The van der Waals surface area contributed by atoms with Crippen LogP contribution in [0.3, 0.4) is 0 Å². The molecule has 1 atom stereocenters. The highest BCUT2D eigenvalue weighted by atomic mass is 19.1. The third-order valence-corrected chi connectivity index (χ3v) is 1.49. The minimum Gasteiger partial charge on any atom is -0.330 e. The van der Waals surface area contributed by atoms with Crippen LogP contribution in [0.5, 0.6) is 0 Å². The molecule has 0 bridgehead atoms. The maximum atomic E-state index is 11.7. The van der Waals surface area contributed by atoms with Gasteiger partial charge in [-0.3, -0.25) is 0 Å². The Morgan fingerprint density at radius 1 is 1.60 bits per heavy atom. The standard InChI is InChI=1S/C7H17FN2/c1-7(5-9)6-10(2)4-3-8/h7H,3-6,9H2,1-2H3. The van der Waals surface area contributed by atoms with Crippen molar-refractivity contribution in [1.82, 2.24) is 4.90 Å². The quantitative estimate of drug-likeness (QED) is 0.614. The van der Waals surface area contributed by atoms with Gasteiger partial charge in [-0.1, -0.05) is 6.92 Å². The molecule has 0 aliphatic heterocycles. The SMILES string of the molecule is CC(CN)CN(C)CCF. The first-order chi connectivity index (χ1) is 4.70. The van der Waals surface area contributed by atoms with Crippen LogP contribution in [-0.4, -0.2) is 38.3 Å². The lowest BCUT2D eigenvalue weighted by Gasteiger charge is -2.18. The predicted octanol–water partition coefficient (Wildman–Crippen LogP) is 0.483. The van der Waals surface area contributed by atoms with Gasteiger partial charge in [0, 0.05) is 13.1 Å². The van der Waals surface area contributed by atoms with Gasteiger partial charge in [-0.15, -0.1) is 0 Å². The second kappa shape index (κ2) is 5.62. The lowest BCUT2D eigenvalue weighted by molar-refractivity contribution is 0.263. The molecule has 0 radical (unpaired) electrons. The number of hydrogen-bond acceptors (Lipinski definition) is 2. The van der Waals surface area contributed by atoms with E-state index in [-0.39, 0.29) is 6.67 Å². The maximum absolute atomic E-state index is 11.7. The van der Waals surface area contributed by atoms with Crippen LogP contribution in [0.25, 0.3) is 0 Å². The third kappa shape index (κ3) is 4.70. The summed E-state index contributed by atoms with van der Waals surface area (Å²) in [4.78, 5) is 1.96. The Balaban J connectivity index is 3.27. The van der Waals surface area contributed by atoms with E-state index < -0.39 is 0 Å². The van der Waals surface area contributed by atoms with Crippen molar-refractivity contribution >= 4 is 0 Å². The summed E-state index contributed by atoms with van der Waals surface area (Å²) in [5, 5.41) is 0. The first-order valence-electron chi connectivity index (χ1n) is 3.65. The van der Waals surface area contributed by atoms with Crippen LogP contribution in [0.4, 0.5) is 4.39 Å². The van der Waals surface area contributed by atoms with Crippen LogP contribution >= 0.6 is 0 Å². The molecular formula is C7H17FN2. The summed E-state index contributed by atoms with van der Waals surface area (Å²) < 4.78 is 11.7. The Morgan fingerprint density at radius 3 is 2.60 bits per heavy atom. The van der Waals surface area contributed by atoms with Crippen molar-refractivity contribution < 1.29 is 4.39 Å². The van der Waals surface area contributed by atoms with Gasteiger partial charge in [-0.25, -0.2) is 4.39 Å². The molecule has 3 heteroatoms. The van der Waals surface area contributed by atoms with Gasteiger partial charge in [0.05, 0.1) is 0 Å². The van der Waals surface area contributed by atoms with Crippen LogP contribution in [0.2, 0.25) is 0 Å². The fourth-order valence-corrected chi connectivity index (χ4v) is 0.842. The summed E-state index contributed by atoms with van der Waals surface area (Å²) in [6.07, 6.45) is 0. The van der Waals surface area contributed by atoms with Gasteiger partial charge in [-0.2, -0.15) is 0 Å². The number of nitrogens with two attached hydrogens (primary N) is 1. The number of rotatable bonds is 5. The molecule has 62 valence electrons. The molecule has 2 nitrogen and oxygen atoms in total. The molecule has 0 saturated carbocycles. The topological polar surface area (TPSA) is 29.3 Å². The molecule has 0 saturated heterocycles. The second-order valence-corrected chi connectivity index (χ2v) is 2.79. The molecule has 0 rings (SSSR count). The van der Waals surface area contributed by atoms with Crippen LogP contribution in [-0.2, 0) is 0 Å². The van der Waals surface area contributed by atoms with Gasteiger partial charge in [0.25, 0.3) is 0 Å². The summed E-state index contributed by atoms with van der Waals surface area (Å²) in [7, 11) is 1.91. The third-order valence-electron chi connectivity index (χ3n) is 1.49. The van der Waals surface area contributed by atoms with Gasteiger partial charge in [0.1, 0.15) is 6.67 Å². The highest BCUT2D eigenvalue weighted by Crippen LogP contribution is 1.94. The van der Waals surface area contributed by atoms with E-state index >= 15 is 0 Å². The normalized spacial score (nSPS) is 14.1. The Labute approximate surface area is 62.2 Å². The highest BCUT2D eigenvalue weighted by molar-refractivity contribution is 4.58. The molecular weight excluding hydrogens is 131 g/mol. The maximum Gasteiger partial charge on any atom is 0.102 e. The number of alkyl halides is 1. The Bertz CT molecular complexity index is 78.0. The lowest BCUT2D eigenvalue weighted by atomic mass is 10.2. The van der Waals surface area contributed by atoms with Gasteiger partial charge >= 0.3 is 0 Å². The first kappa shape index (κ1) is 9.85. The lowest BCUT2D eigenvalue weighted by Crippen LogP contribution is -2.29. The fourth-order valence-electron chi connectivity index (χ4n) is 0.842. The Kier molecular flexibility index (Phi) is 5.54. The van der Waals surface area contributed by atoms with E-state index in [1.807, 2.05) is 11.9 Å². The van der Waals surface area contributed by atoms with E-state index in [0.29, 0.717) is 19.0 Å². The molecule has 1 unspecified atom stereocenters. The van der Waals surface area contributed by atoms with Crippen molar-refractivity contribution in [2.75, 3.05) is 33.4 Å². The summed E-state index contributed by atoms with van der Waals surface area (Å²) in [6, 6.07) is 0. The largest absolute Gasteiger partial charge is 0.330 e. The van der Waals surface area contributed by atoms with E-state index in [4.69, 9.17) is 5.73 Å². The monoisotopic (exact) mass is 148 g/mol.